The molecule has 0 radical (unpaired) electrons. The van der Waals surface area contributed by atoms with E-state index in [0.29, 0.717) is 16.7 Å². The highest BCUT2D eigenvalue weighted by atomic mass is 32.2. The Kier molecular flexibility index (Phi) is 4.56. The molecular formula is C15H15NO5S. The largest absolute Gasteiger partial charge is 0.507 e. The number of rotatable bonds is 3. The molecule has 22 heavy (non-hydrogen) atoms. The van der Waals surface area contributed by atoms with E-state index in [1.54, 1.807) is 32.1 Å². The predicted molar refractivity (Wildman–Crippen MR) is 82.3 cm³/mol. The minimum Gasteiger partial charge on any atom is -0.507 e. The van der Waals surface area contributed by atoms with Crippen molar-refractivity contribution in [3.63, 3.8) is 0 Å². The number of phenols is 1. The first-order valence-corrected chi connectivity index (χ1v) is 7.27. The molecule has 116 valence electrons. The molecule has 1 N–H and O–H groups in total. The zero-order valence-electron chi connectivity index (χ0n) is 12.4. The van der Waals surface area contributed by atoms with Gasteiger partial charge in [-0.3, -0.25) is 19.3 Å². The number of thioether (sulfide) groups is 1. The third-order valence-electron chi connectivity index (χ3n) is 3.20. The molecular weight excluding hydrogens is 306 g/mol. The molecule has 1 aliphatic rings. The molecule has 2 rings (SSSR count). The van der Waals surface area contributed by atoms with Crippen LogP contribution in [0.25, 0.3) is 6.08 Å². The van der Waals surface area contributed by atoms with E-state index in [9.17, 15) is 19.5 Å². The smallest absolute Gasteiger partial charge is 0.325 e. The third kappa shape index (κ3) is 3.14. The summed E-state index contributed by atoms with van der Waals surface area (Å²) in [5.74, 6) is -0.973. The number of carbonyl (C=O) groups excluding carboxylic acids is 3. The fourth-order valence-corrected chi connectivity index (χ4v) is 2.89. The number of benzene rings is 1. The Balaban J connectivity index is 2.28. The van der Waals surface area contributed by atoms with E-state index in [-0.39, 0.29) is 10.7 Å². The molecule has 1 fully saturated rings. The monoisotopic (exact) mass is 321 g/mol. The molecule has 2 amide bonds. The normalized spacial score (nSPS) is 16.5. The highest BCUT2D eigenvalue weighted by Crippen LogP contribution is 2.33. The summed E-state index contributed by atoms with van der Waals surface area (Å²) in [4.78, 5) is 36.3. The van der Waals surface area contributed by atoms with Gasteiger partial charge in [-0.25, -0.2) is 0 Å². The molecule has 1 heterocycles. The molecule has 1 aliphatic heterocycles. The molecule has 0 bridgehead atoms. The summed E-state index contributed by atoms with van der Waals surface area (Å²) in [5, 5.41) is 9.24. The van der Waals surface area contributed by atoms with Crippen molar-refractivity contribution in [1.29, 1.82) is 0 Å². The second kappa shape index (κ2) is 6.23. The molecule has 1 aromatic rings. The quantitative estimate of drug-likeness (QED) is 0.679. The number of amides is 2. The zero-order valence-corrected chi connectivity index (χ0v) is 13.2. The second-order valence-electron chi connectivity index (χ2n) is 4.85. The molecule has 0 aliphatic carbocycles. The van der Waals surface area contributed by atoms with Crippen molar-refractivity contribution >= 4 is 35.0 Å². The highest BCUT2D eigenvalue weighted by molar-refractivity contribution is 8.18. The van der Waals surface area contributed by atoms with Gasteiger partial charge in [0.05, 0.1) is 12.0 Å². The minimum absolute atomic E-state index is 0.205. The maximum absolute atomic E-state index is 12.2. The highest BCUT2D eigenvalue weighted by Gasteiger charge is 2.36. The summed E-state index contributed by atoms with van der Waals surface area (Å²) in [6.45, 7) is 3.11. The summed E-state index contributed by atoms with van der Waals surface area (Å²) in [6, 6.07) is 3.44. The van der Waals surface area contributed by atoms with Gasteiger partial charge in [0.1, 0.15) is 12.3 Å². The number of imide groups is 1. The Hall–Kier alpha value is -2.28. The molecule has 6 nitrogen and oxygen atoms in total. The van der Waals surface area contributed by atoms with Crippen molar-refractivity contribution < 1.29 is 24.2 Å². The van der Waals surface area contributed by atoms with Crippen LogP contribution in [0.1, 0.15) is 16.7 Å². The van der Waals surface area contributed by atoms with E-state index < -0.39 is 23.7 Å². The molecule has 1 saturated heterocycles. The van der Waals surface area contributed by atoms with E-state index in [2.05, 4.69) is 4.74 Å². The van der Waals surface area contributed by atoms with Gasteiger partial charge >= 0.3 is 5.97 Å². The van der Waals surface area contributed by atoms with Crippen LogP contribution in [0.4, 0.5) is 4.79 Å². The van der Waals surface area contributed by atoms with Crippen molar-refractivity contribution in [3.8, 4) is 5.75 Å². The maximum Gasteiger partial charge on any atom is 0.325 e. The SMILES string of the molecule is COC(=O)CN1C(=O)SC(=Cc2cc(C)c(O)c(C)c2)C1=O. The Bertz CT molecular complexity index is 672. The molecule has 7 heteroatoms. The first-order valence-electron chi connectivity index (χ1n) is 6.46. The number of ether oxygens (including phenoxy) is 1. The Morgan fingerprint density at radius 2 is 1.91 bits per heavy atom. The average molecular weight is 321 g/mol. The summed E-state index contributed by atoms with van der Waals surface area (Å²) in [6.07, 6.45) is 1.57. The van der Waals surface area contributed by atoms with Crippen molar-refractivity contribution in [2.24, 2.45) is 0 Å². The Morgan fingerprint density at radius 1 is 1.32 bits per heavy atom. The minimum atomic E-state index is -0.653. The number of aryl methyl sites for hydroxylation is 2. The fourth-order valence-electron chi connectivity index (χ4n) is 2.05. The van der Waals surface area contributed by atoms with Gasteiger partial charge in [-0.05, 0) is 60.5 Å². The van der Waals surface area contributed by atoms with E-state index in [4.69, 9.17) is 0 Å². The first kappa shape index (κ1) is 16.1. The lowest BCUT2D eigenvalue weighted by atomic mass is 10.1. The second-order valence-corrected chi connectivity index (χ2v) is 5.84. The summed E-state index contributed by atoms with van der Waals surface area (Å²) in [5.41, 5.74) is 2.07. The Labute approximate surface area is 131 Å². The maximum atomic E-state index is 12.2. The van der Waals surface area contributed by atoms with E-state index in [1.807, 2.05) is 0 Å². The number of carbonyl (C=O) groups is 3. The summed E-state index contributed by atoms with van der Waals surface area (Å²) in [7, 11) is 1.19. The molecule has 0 spiro atoms. The van der Waals surface area contributed by atoms with Crippen LogP contribution in [0.5, 0.6) is 5.75 Å². The van der Waals surface area contributed by atoms with Gasteiger partial charge < -0.3 is 9.84 Å². The van der Waals surface area contributed by atoms with Crippen LogP contribution >= 0.6 is 11.8 Å². The van der Waals surface area contributed by atoms with E-state index >= 15 is 0 Å². The fraction of sp³-hybridized carbons (Fsp3) is 0.267. The molecule has 0 saturated carbocycles. The van der Waals surface area contributed by atoms with Gasteiger partial charge in [0.2, 0.25) is 0 Å². The topological polar surface area (TPSA) is 83.9 Å². The van der Waals surface area contributed by atoms with Crippen LogP contribution in [0, 0.1) is 13.8 Å². The van der Waals surface area contributed by atoms with Crippen LogP contribution in [0.3, 0.4) is 0 Å². The van der Waals surface area contributed by atoms with Gasteiger partial charge in [0, 0.05) is 0 Å². The zero-order chi connectivity index (χ0) is 16.4. The average Bonchev–Trinajstić information content (AvgIpc) is 2.72. The number of aromatic hydroxyl groups is 1. The van der Waals surface area contributed by atoms with Crippen LogP contribution < -0.4 is 0 Å². The number of nitrogens with zero attached hydrogens (tertiary/aromatic N) is 1. The Morgan fingerprint density at radius 3 is 2.45 bits per heavy atom. The number of phenolic OH excluding ortho intramolecular Hbond substituents is 1. The predicted octanol–water partition coefficient (Wildman–Crippen LogP) is 2.22. The number of hydrogen-bond acceptors (Lipinski definition) is 6. The lowest BCUT2D eigenvalue weighted by molar-refractivity contribution is -0.143. The molecule has 0 unspecified atom stereocenters. The van der Waals surface area contributed by atoms with Gasteiger partial charge in [-0.15, -0.1) is 0 Å². The lowest BCUT2D eigenvalue weighted by Gasteiger charge is -2.09. The van der Waals surface area contributed by atoms with Crippen LogP contribution in [0.2, 0.25) is 0 Å². The van der Waals surface area contributed by atoms with Crippen LogP contribution in [0.15, 0.2) is 17.0 Å². The van der Waals surface area contributed by atoms with Gasteiger partial charge in [0.15, 0.2) is 0 Å². The van der Waals surface area contributed by atoms with Gasteiger partial charge in [0.25, 0.3) is 11.1 Å². The molecule has 0 aromatic heterocycles. The number of esters is 1. The summed E-state index contributed by atoms with van der Waals surface area (Å²) < 4.78 is 4.47. The molecule has 0 atom stereocenters. The van der Waals surface area contributed by atoms with Gasteiger partial charge in [-0.2, -0.15) is 0 Å². The molecule has 1 aromatic carbocycles. The van der Waals surface area contributed by atoms with Crippen LogP contribution in [-0.2, 0) is 14.3 Å². The number of hydrogen-bond donors (Lipinski definition) is 1. The van der Waals surface area contributed by atoms with E-state index in [0.717, 1.165) is 16.7 Å². The van der Waals surface area contributed by atoms with Gasteiger partial charge in [-0.1, -0.05) is 0 Å². The van der Waals surface area contributed by atoms with E-state index in [1.165, 1.54) is 7.11 Å². The van der Waals surface area contributed by atoms with Crippen molar-refractivity contribution in [3.05, 3.63) is 33.7 Å². The number of methoxy groups -OCH3 is 1. The first-order chi connectivity index (χ1) is 10.3. The van der Waals surface area contributed by atoms with Crippen molar-refractivity contribution in [1.82, 2.24) is 4.90 Å². The summed E-state index contributed by atoms with van der Waals surface area (Å²) >= 11 is 0.773. The van der Waals surface area contributed by atoms with Crippen molar-refractivity contribution in [2.75, 3.05) is 13.7 Å². The third-order valence-corrected chi connectivity index (χ3v) is 4.11. The lowest BCUT2D eigenvalue weighted by Crippen LogP contribution is -2.34. The standard InChI is InChI=1S/C15H15NO5S/c1-8-4-10(5-9(2)13(8)18)6-11-14(19)16(15(20)22-11)7-12(17)21-3/h4-6,18H,7H2,1-3H3. The van der Waals surface area contributed by atoms with Crippen LogP contribution in [-0.4, -0.2) is 40.8 Å². The van der Waals surface area contributed by atoms with Crippen molar-refractivity contribution in [2.45, 2.75) is 13.8 Å².